The average molecular weight is 379 g/mol. The van der Waals surface area contributed by atoms with Crippen LogP contribution in [0.1, 0.15) is 56.7 Å². The number of ether oxygens (including phenoxy) is 2. The molecule has 0 aliphatic rings. The van der Waals surface area contributed by atoms with Crippen LogP contribution in [0.5, 0.6) is 0 Å². The highest BCUT2D eigenvalue weighted by Gasteiger charge is 2.21. The molecule has 0 radical (unpaired) electrons. The largest absolute Gasteiger partial charge is 0.465 e. The van der Waals surface area contributed by atoms with Gasteiger partial charge < -0.3 is 20.1 Å². The monoisotopic (exact) mass is 379 g/mol. The lowest BCUT2D eigenvalue weighted by molar-refractivity contribution is -0.148. The number of carbonyl (C=O) groups excluding carboxylic acids is 3. The number of hydrogen-bond acceptors (Lipinski definition) is 7. The normalized spacial score (nSPS) is 11.0. The van der Waals surface area contributed by atoms with Crippen LogP contribution in [-0.2, 0) is 25.5 Å². The van der Waals surface area contributed by atoms with Crippen LogP contribution in [-0.4, -0.2) is 53.5 Å². The zero-order valence-electron chi connectivity index (χ0n) is 16.7. The predicted molar refractivity (Wildman–Crippen MR) is 101 cm³/mol. The van der Waals surface area contributed by atoms with Gasteiger partial charge in [-0.05, 0) is 52.7 Å². The molecule has 1 heterocycles. The molecule has 8 nitrogen and oxygen atoms in total. The summed E-state index contributed by atoms with van der Waals surface area (Å²) in [7, 11) is 1.56. The van der Waals surface area contributed by atoms with Gasteiger partial charge in [0, 0.05) is 19.2 Å². The van der Waals surface area contributed by atoms with Crippen molar-refractivity contribution in [1.82, 2.24) is 9.88 Å². The molecule has 0 unspecified atom stereocenters. The summed E-state index contributed by atoms with van der Waals surface area (Å²) in [5, 5.41) is 0. The number of anilines is 1. The SMILES string of the molecule is CCOC(=O)CN(C)C(=O)CCCc1ccc(N)c(C(=O)OC(C)(C)C)n1. The van der Waals surface area contributed by atoms with Crippen molar-refractivity contribution < 1.29 is 23.9 Å². The van der Waals surface area contributed by atoms with Gasteiger partial charge in [0.15, 0.2) is 5.69 Å². The van der Waals surface area contributed by atoms with Crippen LogP contribution in [0, 0.1) is 0 Å². The maximum absolute atomic E-state index is 12.2. The van der Waals surface area contributed by atoms with E-state index in [-0.39, 0.29) is 36.9 Å². The lowest BCUT2D eigenvalue weighted by Gasteiger charge is -2.19. The number of aromatic nitrogens is 1. The third-order valence-electron chi connectivity index (χ3n) is 3.50. The summed E-state index contributed by atoms with van der Waals surface area (Å²) in [6.07, 6.45) is 1.27. The number of nitrogen functional groups attached to an aromatic ring is 1. The Hall–Kier alpha value is -2.64. The van der Waals surface area contributed by atoms with Gasteiger partial charge in [0.1, 0.15) is 12.1 Å². The van der Waals surface area contributed by atoms with Crippen molar-refractivity contribution in [2.24, 2.45) is 0 Å². The first-order chi connectivity index (χ1) is 12.5. The van der Waals surface area contributed by atoms with Gasteiger partial charge in [-0.25, -0.2) is 9.78 Å². The molecule has 0 aliphatic carbocycles. The van der Waals surface area contributed by atoms with Crippen LogP contribution >= 0.6 is 0 Å². The maximum atomic E-state index is 12.2. The van der Waals surface area contributed by atoms with Gasteiger partial charge in [-0.3, -0.25) is 9.59 Å². The zero-order valence-corrected chi connectivity index (χ0v) is 16.7. The van der Waals surface area contributed by atoms with E-state index in [1.165, 1.54) is 4.90 Å². The van der Waals surface area contributed by atoms with E-state index in [9.17, 15) is 14.4 Å². The first-order valence-corrected chi connectivity index (χ1v) is 8.91. The van der Waals surface area contributed by atoms with E-state index in [1.54, 1.807) is 46.9 Å². The number of hydrogen-bond donors (Lipinski definition) is 1. The Bertz CT molecular complexity index is 682. The van der Waals surface area contributed by atoms with Crippen molar-refractivity contribution in [1.29, 1.82) is 0 Å². The highest BCUT2D eigenvalue weighted by molar-refractivity contribution is 5.93. The molecule has 1 rings (SSSR count). The van der Waals surface area contributed by atoms with Crippen LogP contribution in [0.3, 0.4) is 0 Å². The molecule has 0 fully saturated rings. The molecule has 0 aliphatic heterocycles. The lowest BCUT2D eigenvalue weighted by Crippen LogP contribution is -2.32. The summed E-state index contributed by atoms with van der Waals surface area (Å²) in [5.41, 5.74) is 6.16. The van der Waals surface area contributed by atoms with Crippen LogP contribution < -0.4 is 5.73 Å². The van der Waals surface area contributed by atoms with E-state index >= 15 is 0 Å². The summed E-state index contributed by atoms with van der Waals surface area (Å²) < 4.78 is 10.1. The fourth-order valence-corrected chi connectivity index (χ4v) is 2.24. The van der Waals surface area contributed by atoms with Crippen molar-refractivity contribution in [3.05, 3.63) is 23.5 Å². The second kappa shape index (κ2) is 9.89. The summed E-state index contributed by atoms with van der Waals surface area (Å²) in [6, 6.07) is 3.33. The fourth-order valence-electron chi connectivity index (χ4n) is 2.24. The van der Waals surface area contributed by atoms with E-state index in [2.05, 4.69) is 4.98 Å². The molecule has 0 saturated carbocycles. The summed E-state index contributed by atoms with van der Waals surface area (Å²) in [6.45, 7) is 7.22. The second-order valence-corrected chi connectivity index (χ2v) is 7.15. The molecular weight excluding hydrogens is 350 g/mol. The number of nitrogens with two attached hydrogens (primary N) is 1. The minimum Gasteiger partial charge on any atom is -0.465 e. The van der Waals surface area contributed by atoms with E-state index in [1.807, 2.05) is 0 Å². The molecule has 1 aromatic rings. The highest BCUT2D eigenvalue weighted by Crippen LogP contribution is 2.17. The predicted octanol–water partition coefficient (Wildman–Crippen LogP) is 1.96. The molecule has 0 atom stereocenters. The smallest absolute Gasteiger partial charge is 0.359 e. The third-order valence-corrected chi connectivity index (χ3v) is 3.50. The quantitative estimate of drug-likeness (QED) is 0.687. The van der Waals surface area contributed by atoms with Gasteiger partial charge >= 0.3 is 11.9 Å². The van der Waals surface area contributed by atoms with E-state index in [4.69, 9.17) is 15.2 Å². The number of nitrogens with zero attached hydrogens (tertiary/aromatic N) is 2. The molecular formula is C19H29N3O5. The van der Waals surface area contributed by atoms with Gasteiger partial charge in [-0.1, -0.05) is 0 Å². The van der Waals surface area contributed by atoms with Crippen molar-refractivity contribution >= 4 is 23.5 Å². The van der Waals surface area contributed by atoms with Crippen LogP contribution in [0.4, 0.5) is 5.69 Å². The molecule has 150 valence electrons. The standard InChI is InChI=1S/C19H29N3O5/c1-6-26-16(24)12-22(5)15(23)9-7-8-13-10-11-14(20)17(21-13)18(25)27-19(2,3)4/h10-11H,6-9,12,20H2,1-5H3. The van der Waals surface area contributed by atoms with Crippen molar-refractivity contribution in [3.8, 4) is 0 Å². The van der Waals surface area contributed by atoms with Crippen LogP contribution in [0.15, 0.2) is 12.1 Å². The van der Waals surface area contributed by atoms with Crippen molar-refractivity contribution in [2.45, 2.75) is 52.6 Å². The third kappa shape index (κ3) is 8.06. The number of aryl methyl sites for hydroxylation is 1. The number of esters is 2. The molecule has 2 N–H and O–H groups in total. The minimum atomic E-state index is -0.642. The molecule has 8 heteroatoms. The fraction of sp³-hybridized carbons (Fsp3) is 0.579. The minimum absolute atomic E-state index is 0.0738. The number of rotatable bonds is 8. The molecule has 0 spiro atoms. The Morgan fingerprint density at radius 3 is 2.48 bits per heavy atom. The number of carbonyl (C=O) groups is 3. The Morgan fingerprint density at radius 2 is 1.89 bits per heavy atom. The molecule has 1 amide bonds. The van der Waals surface area contributed by atoms with Gasteiger partial charge in [0.2, 0.25) is 5.91 Å². The van der Waals surface area contributed by atoms with E-state index < -0.39 is 17.5 Å². The van der Waals surface area contributed by atoms with Crippen LogP contribution in [0.25, 0.3) is 0 Å². The molecule has 27 heavy (non-hydrogen) atoms. The number of amides is 1. The molecule has 0 bridgehead atoms. The van der Waals surface area contributed by atoms with Crippen molar-refractivity contribution in [3.63, 3.8) is 0 Å². The van der Waals surface area contributed by atoms with E-state index in [0.29, 0.717) is 18.5 Å². The first-order valence-electron chi connectivity index (χ1n) is 8.91. The van der Waals surface area contributed by atoms with Crippen molar-refractivity contribution in [2.75, 3.05) is 25.9 Å². The zero-order chi connectivity index (χ0) is 20.6. The highest BCUT2D eigenvalue weighted by atomic mass is 16.6. The Labute approximate surface area is 160 Å². The second-order valence-electron chi connectivity index (χ2n) is 7.15. The topological polar surface area (TPSA) is 112 Å². The Balaban J connectivity index is 2.60. The molecule has 1 aromatic heterocycles. The van der Waals surface area contributed by atoms with Crippen LogP contribution in [0.2, 0.25) is 0 Å². The Morgan fingerprint density at radius 1 is 1.22 bits per heavy atom. The summed E-state index contributed by atoms with van der Waals surface area (Å²) >= 11 is 0. The maximum Gasteiger partial charge on any atom is 0.359 e. The first kappa shape index (κ1) is 22.4. The Kier molecular flexibility index (Phi) is 8.21. The summed E-state index contributed by atoms with van der Waals surface area (Å²) in [5.74, 6) is -1.17. The van der Waals surface area contributed by atoms with Gasteiger partial charge in [-0.15, -0.1) is 0 Å². The lowest BCUT2D eigenvalue weighted by atomic mass is 10.1. The van der Waals surface area contributed by atoms with Gasteiger partial charge in [-0.2, -0.15) is 0 Å². The average Bonchev–Trinajstić information content (AvgIpc) is 2.54. The van der Waals surface area contributed by atoms with Gasteiger partial charge in [0.05, 0.1) is 12.3 Å². The molecule has 0 aromatic carbocycles. The summed E-state index contributed by atoms with van der Waals surface area (Å²) in [4.78, 5) is 41.3. The number of likely N-dealkylation sites (N-methyl/N-ethyl adjacent to an activating group) is 1. The van der Waals surface area contributed by atoms with Gasteiger partial charge in [0.25, 0.3) is 0 Å². The molecule has 0 saturated heterocycles. The van der Waals surface area contributed by atoms with E-state index in [0.717, 1.165) is 0 Å². The number of pyridine rings is 1.